The predicted molar refractivity (Wildman–Crippen MR) is 59.5 cm³/mol. The topological polar surface area (TPSA) is 39.9 Å². The smallest absolute Gasteiger partial charge is 0.573 e. The molecule has 0 amide bonds. The number of rotatable bonds is 1. The van der Waals surface area contributed by atoms with Gasteiger partial charge in [0, 0.05) is 23.0 Å². The molecule has 0 aliphatic rings. The van der Waals surface area contributed by atoms with Crippen molar-refractivity contribution in [3.63, 3.8) is 0 Å². The summed E-state index contributed by atoms with van der Waals surface area (Å²) in [6.07, 6.45) is 1.76. The van der Waals surface area contributed by atoms with Gasteiger partial charge >= 0.3 is 19.8 Å². The molecule has 2 rings (SSSR count). The van der Waals surface area contributed by atoms with Gasteiger partial charge in [0.2, 0.25) is 0 Å². The van der Waals surface area contributed by atoms with Gasteiger partial charge in [0.05, 0.1) is 0 Å². The maximum atomic E-state index is 4.24. The third-order valence-electron chi connectivity index (χ3n) is 2.23. The van der Waals surface area contributed by atoms with Crippen molar-refractivity contribution in [1.82, 2.24) is 15.2 Å². The molecule has 2 aromatic heterocycles. The van der Waals surface area contributed by atoms with Crippen LogP contribution in [0.5, 0.6) is 0 Å². The number of hydrogen-bond acceptors (Lipinski definition) is 2. The van der Waals surface area contributed by atoms with Crippen LogP contribution in [0.4, 0.5) is 0 Å². The molecular formula is C12H14N3Os. The maximum Gasteiger partial charge on any atom is 1.00 e. The van der Waals surface area contributed by atoms with E-state index in [1.54, 1.807) is 6.20 Å². The Morgan fingerprint density at radius 3 is 2.44 bits per heavy atom. The fraction of sp³-hybridized carbons (Fsp3) is 0.333. The molecule has 85 valence electrons. The molecule has 0 fully saturated rings. The van der Waals surface area contributed by atoms with E-state index in [2.05, 4.69) is 36.0 Å². The van der Waals surface area contributed by atoms with Crippen LogP contribution in [0.15, 0.2) is 30.5 Å². The molecule has 0 atom stereocenters. The van der Waals surface area contributed by atoms with Crippen molar-refractivity contribution >= 4 is 0 Å². The normalized spacial score (nSPS) is 10.9. The molecule has 0 saturated carbocycles. The van der Waals surface area contributed by atoms with Gasteiger partial charge < -0.3 is 10.2 Å². The molecule has 0 aliphatic heterocycles. The van der Waals surface area contributed by atoms with E-state index < -0.39 is 0 Å². The third-order valence-corrected chi connectivity index (χ3v) is 2.23. The molecular weight excluding hydrogens is 376 g/mol. The first-order chi connectivity index (χ1) is 7.07. The molecule has 2 heterocycles. The van der Waals surface area contributed by atoms with Crippen LogP contribution in [0.1, 0.15) is 26.5 Å². The molecule has 0 bridgehead atoms. The Bertz CT molecular complexity index is 443. The number of hydrogen-bond donors (Lipinski definition) is 0. The quantitative estimate of drug-likeness (QED) is 0.751. The van der Waals surface area contributed by atoms with E-state index in [1.807, 2.05) is 24.3 Å². The molecule has 16 heavy (non-hydrogen) atoms. The Kier molecular flexibility index (Phi) is 3.99. The fourth-order valence-corrected chi connectivity index (χ4v) is 1.30. The van der Waals surface area contributed by atoms with Crippen molar-refractivity contribution < 1.29 is 19.8 Å². The second-order valence-electron chi connectivity index (χ2n) is 4.58. The second kappa shape index (κ2) is 4.89. The van der Waals surface area contributed by atoms with Gasteiger partial charge in [0.15, 0.2) is 0 Å². The number of aromatic nitrogens is 3. The SMILES string of the molecule is CC(C)(C)c1cc(-c2ccccn2)[n-]n1.[Os+]. The predicted octanol–water partition coefficient (Wildman–Crippen LogP) is 2.40. The minimum atomic E-state index is 0. The summed E-state index contributed by atoms with van der Waals surface area (Å²) in [5, 5.41) is 8.31. The van der Waals surface area contributed by atoms with Crippen LogP contribution in [0.3, 0.4) is 0 Å². The van der Waals surface area contributed by atoms with E-state index >= 15 is 0 Å². The fourth-order valence-electron chi connectivity index (χ4n) is 1.30. The maximum absolute atomic E-state index is 4.24. The number of nitrogens with zero attached hydrogens (tertiary/aromatic N) is 3. The van der Waals surface area contributed by atoms with Crippen LogP contribution < -0.4 is 5.10 Å². The summed E-state index contributed by atoms with van der Waals surface area (Å²) < 4.78 is 0. The van der Waals surface area contributed by atoms with Crippen LogP contribution in [-0.4, -0.2) is 10.1 Å². The minimum absolute atomic E-state index is 0. The van der Waals surface area contributed by atoms with Crippen molar-refractivity contribution in [3.05, 3.63) is 36.2 Å². The first kappa shape index (κ1) is 13.1. The Morgan fingerprint density at radius 1 is 1.19 bits per heavy atom. The van der Waals surface area contributed by atoms with Crippen LogP contribution >= 0.6 is 0 Å². The van der Waals surface area contributed by atoms with E-state index in [4.69, 9.17) is 0 Å². The van der Waals surface area contributed by atoms with Crippen LogP contribution in [0, 0.1) is 0 Å². The van der Waals surface area contributed by atoms with Gasteiger partial charge in [-0.15, -0.1) is 0 Å². The van der Waals surface area contributed by atoms with E-state index in [-0.39, 0.29) is 25.2 Å². The average molecular weight is 390 g/mol. The molecule has 1 radical (unpaired) electrons. The molecule has 0 aliphatic carbocycles. The van der Waals surface area contributed by atoms with E-state index in [0.717, 1.165) is 17.1 Å². The first-order valence-electron chi connectivity index (χ1n) is 5.00. The minimum Gasteiger partial charge on any atom is -0.573 e. The van der Waals surface area contributed by atoms with Gasteiger partial charge in [-0.2, -0.15) is 0 Å². The molecule has 0 spiro atoms. The van der Waals surface area contributed by atoms with Gasteiger partial charge in [0.25, 0.3) is 0 Å². The molecule has 4 heteroatoms. The first-order valence-corrected chi connectivity index (χ1v) is 5.00. The zero-order valence-electron chi connectivity index (χ0n) is 9.58. The Balaban J connectivity index is 0.00000128. The monoisotopic (exact) mass is 392 g/mol. The summed E-state index contributed by atoms with van der Waals surface area (Å²) in [5.41, 5.74) is 2.77. The largest absolute Gasteiger partial charge is 1.00 e. The van der Waals surface area contributed by atoms with Crippen molar-refractivity contribution in [2.45, 2.75) is 26.2 Å². The van der Waals surface area contributed by atoms with Crippen molar-refractivity contribution in [3.8, 4) is 11.4 Å². The van der Waals surface area contributed by atoms with Crippen LogP contribution in [0.25, 0.3) is 11.4 Å². The Labute approximate surface area is 109 Å². The van der Waals surface area contributed by atoms with Crippen LogP contribution in [-0.2, 0) is 25.2 Å². The molecule has 2 aromatic rings. The molecule has 0 N–H and O–H groups in total. The van der Waals surface area contributed by atoms with Crippen LogP contribution in [0.2, 0.25) is 0 Å². The second-order valence-corrected chi connectivity index (χ2v) is 4.58. The van der Waals surface area contributed by atoms with Gasteiger partial charge in [-0.3, -0.25) is 4.98 Å². The molecule has 0 saturated heterocycles. The average Bonchev–Trinajstić information content (AvgIpc) is 2.67. The van der Waals surface area contributed by atoms with E-state index in [9.17, 15) is 0 Å². The molecule has 3 nitrogen and oxygen atoms in total. The summed E-state index contributed by atoms with van der Waals surface area (Å²) in [7, 11) is 0. The number of pyridine rings is 1. The van der Waals surface area contributed by atoms with Crippen molar-refractivity contribution in [2.24, 2.45) is 0 Å². The van der Waals surface area contributed by atoms with Crippen molar-refractivity contribution in [2.75, 3.05) is 0 Å². The third kappa shape index (κ3) is 2.77. The van der Waals surface area contributed by atoms with E-state index in [0.29, 0.717) is 0 Å². The van der Waals surface area contributed by atoms with Gasteiger partial charge in [-0.1, -0.05) is 38.6 Å². The summed E-state index contributed by atoms with van der Waals surface area (Å²) >= 11 is 0. The summed E-state index contributed by atoms with van der Waals surface area (Å²) in [6.45, 7) is 6.37. The molecule has 0 aromatic carbocycles. The molecule has 0 unspecified atom stereocenters. The summed E-state index contributed by atoms with van der Waals surface area (Å²) in [6, 6.07) is 7.79. The van der Waals surface area contributed by atoms with Crippen molar-refractivity contribution in [1.29, 1.82) is 0 Å². The zero-order chi connectivity index (χ0) is 10.9. The standard InChI is InChI=1S/C12H14N3.Os/c1-12(2,3)11-8-10(14-15-11)9-6-4-5-7-13-9;/h4-8H,1-3H3;/q-1;+1. The zero-order valence-corrected chi connectivity index (χ0v) is 12.1. The summed E-state index contributed by atoms with van der Waals surface area (Å²) in [4.78, 5) is 4.24. The Morgan fingerprint density at radius 2 is 1.94 bits per heavy atom. The summed E-state index contributed by atoms with van der Waals surface area (Å²) in [5.74, 6) is 0. The van der Waals surface area contributed by atoms with Gasteiger partial charge in [-0.05, 0) is 12.1 Å². The Hall–Kier alpha value is -1.00. The van der Waals surface area contributed by atoms with E-state index in [1.165, 1.54) is 0 Å². The van der Waals surface area contributed by atoms with Gasteiger partial charge in [0.1, 0.15) is 0 Å². The van der Waals surface area contributed by atoms with Gasteiger partial charge in [-0.25, -0.2) is 0 Å².